The van der Waals surface area contributed by atoms with E-state index >= 15 is 0 Å². The molecule has 0 amide bonds. The zero-order chi connectivity index (χ0) is 59.9. The molecule has 4 heterocycles. The summed E-state index contributed by atoms with van der Waals surface area (Å²) in [7, 11) is -3.03. The van der Waals surface area contributed by atoms with Crippen LogP contribution in [-0.4, -0.2) is 22.2 Å². The third-order valence-corrected chi connectivity index (χ3v) is 22.5. The molecule has 0 atom stereocenters. The number of hydrogen-bond acceptors (Lipinski definition) is 3. The van der Waals surface area contributed by atoms with Crippen molar-refractivity contribution >= 4 is 111 Å². The Hall–Kier alpha value is -9.96. The summed E-state index contributed by atoms with van der Waals surface area (Å²) < 4.78 is 11.5. The largest absolute Gasteiger partial charge is 0.510 e. The van der Waals surface area contributed by atoms with E-state index in [-0.39, 0.29) is 31.9 Å². The number of pyridine rings is 1. The molecule has 0 radical (unpaired) electrons. The fraction of sp³-hybridized carbons (Fsp3) is 0.0988. The first kappa shape index (κ1) is 56.8. The predicted molar refractivity (Wildman–Crippen MR) is 369 cm³/mol. The molecular formula is C81H62N5OPtSi-3. The smallest absolute Gasteiger partial charge is 0.179 e. The van der Waals surface area contributed by atoms with Crippen LogP contribution in [0.1, 0.15) is 52.7 Å². The van der Waals surface area contributed by atoms with Gasteiger partial charge in [0.05, 0.1) is 12.3 Å². The van der Waals surface area contributed by atoms with Crippen LogP contribution in [0.15, 0.2) is 261 Å². The van der Waals surface area contributed by atoms with Crippen LogP contribution in [0.4, 0.5) is 17.1 Å². The maximum absolute atomic E-state index is 8.55. The van der Waals surface area contributed by atoms with Crippen LogP contribution in [0.3, 0.4) is 0 Å². The van der Waals surface area contributed by atoms with Crippen LogP contribution in [-0.2, 0) is 31.9 Å². The molecule has 0 bridgehead atoms. The first-order chi connectivity index (χ1) is 42.8. The van der Waals surface area contributed by atoms with E-state index in [4.69, 9.17) is 16.3 Å². The average Bonchev–Trinajstić information content (AvgIpc) is 1.69. The SMILES string of the molecule is [C-]#[N+]c1cc(Oc2[c-]c3c(cc2)c2ccccc2n3-c2cc(C(C)(C)C)ccn2)[c-]c(N2[CH-]n3c4c(-c5cc(C(C)(C)C)cc([Si](c6ccccc6)(c6ccccc6)c6ccccc6)c5)cccc4c4ccccc4c4ccccc4c4cccc2c43)c1.[Pt]. The number of anilines is 2. The summed E-state index contributed by atoms with van der Waals surface area (Å²) in [5.74, 6) is 1.70. The number of rotatable bonds is 9. The van der Waals surface area contributed by atoms with Gasteiger partial charge in [-0.2, -0.15) is 6.07 Å². The van der Waals surface area contributed by atoms with Crippen molar-refractivity contribution in [1.29, 1.82) is 0 Å². The Morgan fingerprint density at radius 2 is 1.02 bits per heavy atom. The summed E-state index contributed by atoms with van der Waals surface area (Å²) in [6.07, 6.45) is 1.89. The van der Waals surface area contributed by atoms with Gasteiger partial charge in [0.15, 0.2) is 8.07 Å². The second-order valence-electron chi connectivity index (χ2n) is 25.1. The molecule has 0 N–H and O–H groups in total. The van der Waals surface area contributed by atoms with Crippen molar-refractivity contribution in [3.8, 4) is 28.4 Å². The maximum Gasteiger partial charge on any atom is 0.179 e. The van der Waals surface area contributed by atoms with Crippen molar-refractivity contribution in [3.63, 3.8) is 0 Å². The number of ether oxygens (including phenoxy) is 1. The zero-order valence-corrected chi connectivity index (χ0v) is 53.6. The van der Waals surface area contributed by atoms with Gasteiger partial charge < -0.3 is 18.8 Å². The first-order valence-electron chi connectivity index (χ1n) is 30.1. The van der Waals surface area contributed by atoms with E-state index in [2.05, 4.69) is 316 Å². The van der Waals surface area contributed by atoms with E-state index in [1.54, 1.807) is 6.07 Å². The van der Waals surface area contributed by atoms with Gasteiger partial charge in [0.2, 0.25) is 0 Å². The van der Waals surface area contributed by atoms with Crippen LogP contribution in [0.5, 0.6) is 11.5 Å². The Kier molecular flexibility index (Phi) is 14.3. The average molecular weight is 1340 g/mol. The number of para-hydroxylation sites is 3. The molecule has 15 rings (SSSR count). The number of fused-ring (bicyclic) bond motifs is 10. The summed E-state index contributed by atoms with van der Waals surface area (Å²) in [6, 6.07) is 100.0. The van der Waals surface area contributed by atoms with Crippen molar-refractivity contribution in [1.82, 2.24) is 14.1 Å². The molecule has 0 aliphatic carbocycles. The molecule has 1 aliphatic heterocycles. The number of hydrogen-bond donors (Lipinski definition) is 0. The van der Waals surface area contributed by atoms with Gasteiger partial charge in [-0.3, -0.25) is 4.85 Å². The third kappa shape index (κ3) is 9.67. The standard InChI is InChI=1S/C81H62N5OSi.Pt/c1-80(2,3)55-43-44-83-77(48-55)86-74-39-22-21-35-70(74)71-42-41-59(52-76(71)86)87-60-50-57(82-7)49-58(51-60)84-53-85-78-65(36-23-37-72(78)68-33-19-17-31-66(68)67-32-18-20-34-69(67)73-38-24-40-75(84)79(73)85)54-45-56(81(4,5)6)47-64(46-54)88(61-25-11-8-12-26-61,62-27-13-9-14-28-62)63-29-15-10-16-30-63;/h8-50,53H,1-6H3;/q-3;. The minimum absolute atomic E-state index is 0. The van der Waals surface area contributed by atoms with Gasteiger partial charge in [-0.1, -0.05) is 259 Å². The van der Waals surface area contributed by atoms with Gasteiger partial charge in [-0.15, -0.1) is 35.7 Å². The van der Waals surface area contributed by atoms with E-state index in [0.717, 1.165) is 87.8 Å². The van der Waals surface area contributed by atoms with E-state index in [0.29, 0.717) is 22.9 Å². The normalized spacial score (nSPS) is 12.3. The van der Waals surface area contributed by atoms with Crippen molar-refractivity contribution in [2.45, 2.75) is 52.4 Å². The quantitative estimate of drug-likeness (QED) is 0.0821. The fourth-order valence-corrected chi connectivity index (χ4v) is 18.3. The molecular weight excluding hydrogens is 1280 g/mol. The van der Waals surface area contributed by atoms with Crippen LogP contribution >= 0.6 is 0 Å². The maximum atomic E-state index is 8.55. The van der Waals surface area contributed by atoms with Gasteiger partial charge in [-0.25, -0.2) is 4.98 Å². The minimum Gasteiger partial charge on any atom is -0.510 e. The molecule has 0 unspecified atom stereocenters. The second kappa shape index (κ2) is 22.3. The molecule has 3 aromatic heterocycles. The molecule has 8 heteroatoms. The van der Waals surface area contributed by atoms with Gasteiger partial charge in [0, 0.05) is 50.0 Å². The van der Waals surface area contributed by atoms with Crippen molar-refractivity contribution < 1.29 is 25.8 Å². The molecule has 0 saturated carbocycles. The number of benzene rings is 11. The zero-order valence-electron chi connectivity index (χ0n) is 50.4. The molecule has 6 nitrogen and oxygen atoms in total. The van der Waals surface area contributed by atoms with Gasteiger partial charge in [0.1, 0.15) is 5.82 Å². The molecule has 1 aliphatic rings. The molecule has 0 saturated heterocycles. The van der Waals surface area contributed by atoms with Gasteiger partial charge >= 0.3 is 0 Å². The minimum atomic E-state index is -3.03. The Balaban J connectivity index is 0.00000694. The Morgan fingerprint density at radius 3 is 1.63 bits per heavy atom. The summed E-state index contributed by atoms with van der Waals surface area (Å²) in [5, 5.41) is 14.1. The third-order valence-electron chi connectivity index (χ3n) is 17.7. The molecule has 434 valence electrons. The van der Waals surface area contributed by atoms with E-state index in [1.807, 2.05) is 18.3 Å². The summed E-state index contributed by atoms with van der Waals surface area (Å²) in [4.78, 5) is 11.2. The van der Waals surface area contributed by atoms with Crippen molar-refractivity contribution in [2.24, 2.45) is 0 Å². The van der Waals surface area contributed by atoms with Gasteiger partial charge in [-0.05, 0) is 134 Å². The van der Waals surface area contributed by atoms with Crippen molar-refractivity contribution in [3.05, 3.63) is 302 Å². The van der Waals surface area contributed by atoms with Gasteiger partial charge in [0.25, 0.3) is 0 Å². The Bertz CT molecular complexity index is 5110. The van der Waals surface area contributed by atoms with Crippen LogP contribution in [0.2, 0.25) is 0 Å². The molecule has 14 aromatic rings. The van der Waals surface area contributed by atoms with Crippen LogP contribution in [0, 0.1) is 25.4 Å². The second-order valence-corrected chi connectivity index (χ2v) is 28.9. The summed E-state index contributed by atoms with van der Waals surface area (Å²) in [5.41, 5.74) is 10.3. The number of aromatic nitrogens is 3. The number of nitrogens with zero attached hydrogens (tertiary/aromatic N) is 5. The molecule has 0 spiro atoms. The topological polar surface area (TPSA) is 39.6 Å². The van der Waals surface area contributed by atoms with E-state index in [9.17, 15) is 0 Å². The Labute approximate surface area is 535 Å². The first-order valence-corrected chi connectivity index (χ1v) is 32.1. The Morgan fingerprint density at radius 1 is 0.472 bits per heavy atom. The van der Waals surface area contributed by atoms with E-state index in [1.165, 1.54) is 31.9 Å². The van der Waals surface area contributed by atoms with Crippen LogP contribution in [0.25, 0.3) is 86.9 Å². The summed E-state index contributed by atoms with van der Waals surface area (Å²) >= 11 is 0. The summed E-state index contributed by atoms with van der Waals surface area (Å²) in [6.45, 7) is 24.4. The monoisotopic (exact) mass is 1340 g/mol. The van der Waals surface area contributed by atoms with E-state index < -0.39 is 8.07 Å². The fourth-order valence-electron chi connectivity index (χ4n) is 13.5. The molecule has 0 fully saturated rings. The van der Waals surface area contributed by atoms with Crippen LogP contribution < -0.4 is 30.4 Å². The molecule has 11 aromatic carbocycles. The molecule has 89 heavy (non-hydrogen) atoms. The predicted octanol–water partition coefficient (Wildman–Crippen LogP) is 18.4. The van der Waals surface area contributed by atoms with Crippen molar-refractivity contribution in [2.75, 3.05) is 4.90 Å².